The van der Waals surface area contributed by atoms with Crippen LogP contribution >= 0.6 is 11.8 Å². The van der Waals surface area contributed by atoms with E-state index in [1.54, 1.807) is 0 Å². The summed E-state index contributed by atoms with van der Waals surface area (Å²) < 4.78 is 0. The van der Waals surface area contributed by atoms with E-state index >= 15 is 0 Å². The van der Waals surface area contributed by atoms with Gasteiger partial charge < -0.3 is 4.90 Å². The molecule has 1 aliphatic rings. The molecule has 0 saturated carbocycles. The molecule has 1 saturated heterocycles. The molecule has 1 heterocycles. The van der Waals surface area contributed by atoms with Gasteiger partial charge in [0.2, 0.25) is 5.91 Å². The molecule has 1 fully saturated rings. The highest BCUT2D eigenvalue weighted by atomic mass is 32.2. The lowest BCUT2D eigenvalue weighted by Crippen LogP contribution is -2.33. The van der Waals surface area contributed by atoms with Crippen molar-refractivity contribution in [3.05, 3.63) is 30.3 Å². The second-order valence-corrected chi connectivity index (χ2v) is 5.97. The zero-order valence-corrected chi connectivity index (χ0v) is 11.8. The molecule has 2 rings (SSSR count). The van der Waals surface area contributed by atoms with Gasteiger partial charge in [-0.3, -0.25) is 4.79 Å². The van der Waals surface area contributed by atoms with Crippen LogP contribution in [0.15, 0.2) is 35.2 Å². The van der Waals surface area contributed by atoms with Crippen molar-refractivity contribution < 1.29 is 4.79 Å². The molecule has 1 aromatic rings. The number of carbonyl (C=O) groups excluding carboxylic acids is 1. The van der Waals surface area contributed by atoms with Crippen LogP contribution in [0.1, 0.15) is 39.0 Å². The Labute approximate surface area is 114 Å². The number of rotatable bonds is 6. The fourth-order valence-electron chi connectivity index (χ4n) is 2.29. The summed E-state index contributed by atoms with van der Waals surface area (Å²) in [6.07, 6.45) is 5.23. The standard InChI is InChI=1S/C15H21NOS/c1-2-3-11-15(16-12-7-10-14(16)17)18-13-8-5-4-6-9-13/h4-6,8-9,15H,2-3,7,10-12H2,1H3. The van der Waals surface area contributed by atoms with Crippen LogP contribution < -0.4 is 0 Å². The smallest absolute Gasteiger partial charge is 0.223 e. The lowest BCUT2D eigenvalue weighted by molar-refractivity contribution is -0.128. The summed E-state index contributed by atoms with van der Waals surface area (Å²) in [4.78, 5) is 15.2. The average molecular weight is 263 g/mol. The number of likely N-dealkylation sites (tertiary alicyclic amines) is 1. The van der Waals surface area contributed by atoms with Crippen molar-refractivity contribution in [2.24, 2.45) is 0 Å². The number of amides is 1. The maximum absolute atomic E-state index is 11.9. The Morgan fingerprint density at radius 2 is 2.11 bits per heavy atom. The zero-order valence-electron chi connectivity index (χ0n) is 11.0. The maximum atomic E-state index is 11.9. The van der Waals surface area contributed by atoms with Gasteiger partial charge in [-0.1, -0.05) is 38.0 Å². The molecule has 0 spiro atoms. The van der Waals surface area contributed by atoms with Crippen LogP contribution in [0.3, 0.4) is 0 Å². The summed E-state index contributed by atoms with van der Waals surface area (Å²) in [5, 5.41) is 0.322. The largest absolute Gasteiger partial charge is 0.330 e. The zero-order chi connectivity index (χ0) is 12.8. The number of hydrogen-bond donors (Lipinski definition) is 0. The first-order chi connectivity index (χ1) is 8.81. The molecule has 98 valence electrons. The van der Waals surface area contributed by atoms with Crippen LogP contribution in [0.5, 0.6) is 0 Å². The number of unbranched alkanes of at least 4 members (excludes halogenated alkanes) is 1. The van der Waals surface area contributed by atoms with Crippen molar-refractivity contribution in [2.45, 2.75) is 49.3 Å². The van der Waals surface area contributed by atoms with E-state index in [1.807, 2.05) is 17.8 Å². The molecule has 1 atom stereocenters. The van der Waals surface area contributed by atoms with Gasteiger partial charge in [0.1, 0.15) is 0 Å². The van der Waals surface area contributed by atoms with Gasteiger partial charge in [-0.15, -0.1) is 11.8 Å². The topological polar surface area (TPSA) is 20.3 Å². The first-order valence-electron chi connectivity index (χ1n) is 6.82. The minimum absolute atomic E-state index is 0.322. The quantitative estimate of drug-likeness (QED) is 0.725. The Hall–Kier alpha value is -0.960. The molecule has 1 aliphatic heterocycles. The highest BCUT2D eigenvalue weighted by molar-refractivity contribution is 7.99. The van der Waals surface area contributed by atoms with E-state index < -0.39 is 0 Å². The predicted octanol–water partition coefficient (Wildman–Crippen LogP) is 3.92. The molecular formula is C15H21NOS. The van der Waals surface area contributed by atoms with Crippen molar-refractivity contribution >= 4 is 17.7 Å². The van der Waals surface area contributed by atoms with E-state index in [1.165, 1.54) is 17.7 Å². The molecule has 0 aliphatic carbocycles. The van der Waals surface area contributed by atoms with E-state index in [0.717, 1.165) is 25.8 Å². The normalized spacial score (nSPS) is 17.2. The van der Waals surface area contributed by atoms with Crippen molar-refractivity contribution in [3.8, 4) is 0 Å². The van der Waals surface area contributed by atoms with E-state index in [0.29, 0.717) is 11.3 Å². The van der Waals surface area contributed by atoms with Gasteiger partial charge in [0.05, 0.1) is 5.37 Å². The van der Waals surface area contributed by atoms with Crippen LogP contribution in [0, 0.1) is 0 Å². The van der Waals surface area contributed by atoms with Gasteiger partial charge in [0, 0.05) is 17.9 Å². The van der Waals surface area contributed by atoms with Crippen LogP contribution in [0.25, 0.3) is 0 Å². The van der Waals surface area contributed by atoms with Gasteiger partial charge in [-0.2, -0.15) is 0 Å². The molecule has 3 heteroatoms. The second kappa shape index (κ2) is 6.83. The summed E-state index contributed by atoms with van der Waals surface area (Å²) in [6.45, 7) is 3.14. The van der Waals surface area contributed by atoms with Gasteiger partial charge in [0.25, 0.3) is 0 Å². The number of benzene rings is 1. The third-order valence-electron chi connectivity index (χ3n) is 3.28. The highest BCUT2D eigenvalue weighted by Crippen LogP contribution is 2.31. The van der Waals surface area contributed by atoms with Gasteiger partial charge in [-0.05, 0) is 25.0 Å². The summed E-state index contributed by atoms with van der Waals surface area (Å²) in [5.41, 5.74) is 0. The van der Waals surface area contributed by atoms with Gasteiger partial charge in [0.15, 0.2) is 0 Å². The van der Waals surface area contributed by atoms with E-state index in [-0.39, 0.29) is 0 Å². The van der Waals surface area contributed by atoms with E-state index in [4.69, 9.17) is 0 Å². The van der Waals surface area contributed by atoms with Crippen molar-refractivity contribution in [3.63, 3.8) is 0 Å². The SMILES string of the molecule is CCCCC(Sc1ccccc1)N1CCCC1=O. The van der Waals surface area contributed by atoms with Gasteiger partial charge in [-0.25, -0.2) is 0 Å². The molecular weight excluding hydrogens is 242 g/mol. The minimum atomic E-state index is 0.322. The van der Waals surface area contributed by atoms with Crippen molar-refractivity contribution in [1.82, 2.24) is 4.90 Å². The number of carbonyl (C=O) groups is 1. The maximum Gasteiger partial charge on any atom is 0.223 e. The number of nitrogens with zero attached hydrogens (tertiary/aromatic N) is 1. The molecule has 18 heavy (non-hydrogen) atoms. The first-order valence-corrected chi connectivity index (χ1v) is 7.70. The van der Waals surface area contributed by atoms with Crippen molar-refractivity contribution in [2.75, 3.05) is 6.54 Å². The number of hydrogen-bond acceptors (Lipinski definition) is 2. The second-order valence-electron chi connectivity index (χ2n) is 4.72. The third kappa shape index (κ3) is 3.52. The molecule has 2 nitrogen and oxygen atoms in total. The fourth-order valence-corrected chi connectivity index (χ4v) is 3.55. The third-order valence-corrected chi connectivity index (χ3v) is 4.58. The summed E-state index contributed by atoms with van der Waals surface area (Å²) in [5.74, 6) is 0.333. The lowest BCUT2D eigenvalue weighted by Gasteiger charge is -2.27. The van der Waals surface area contributed by atoms with Gasteiger partial charge >= 0.3 is 0 Å². The Morgan fingerprint density at radius 3 is 2.72 bits per heavy atom. The van der Waals surface area contributed by atoms with E-state index in [9.17, 15) is 4.79 Å². The van der Waals surface area contributed by atoms with Crippen LogP contribution in [0.2, 0.25) is 0 Å². The summed E-state index contributed by atoms with van der Waals surface area (Å²) in [7, 11) is 0. The Morgan fingerprint density at radius 1 is 1.33 bits per heavy atom. The fraction of sp³-hybridized carbons (Fsp3) is 0.533. The predicted molar refractivity (Wildman–Crippen MR) is 76.6 cm³/mol. The number of thioether (sulfide) groups is 1. The van der Waals surface area contributed by atoms with Crippen molar-refractivity contribution in [1.29, 1.82) is 0 Å². The monoisotopic (exact) mass is 263 g/mol. The van der Waals surface area contributed by atoms with E-state index in [2.05, 4.69) is 36.1 Å². The Balaban J connectivity index is 2.02. The molecule has 1 aromatic carbocycles. The van der Waals surface area contributed by atoms with Crippen LogP contribution in [0.4, 0.5) is 0 Å². The molecule has 0 aromatic heterocycles. The minimum Gasteiger partial charge on any atom is -0.330 e. The lowest BCUT2D eigenvalue weighted by atomic mass is 10.2. The first kappa shape index (κ1) is 13.5. The van der Waals surface area contributed by atoms with Crippen LogP contribution in [-0.4, -0.2) is 22.7 Å². The molecule has 1 unspecified atom stereocenters. The molecule has 0 N–H and O–H groups in total. The average Bonchev–Trinajstić information content (AvgIpc) is 2.82. The summed E-state index contributed by atoms with van der Waals surface area (Å²) in [6, 6.07) is 10.4. The Bertz CT molecular complexity index is 379. The Kier molecular flexibility index (Phi) is 5.12. The molecule has 1 amide bonds. The highest BCUT2D eigenvalue weighted by Gasteiger charge is 2.27. The molecule has 0 bridgehead atoms. The molecule has 0 radical (unpaired) electrons. The van der Waals surface area contributed by atoms with Crippen LogP contribution in [-0.2, 0) is 4.79 Å². The summed E-state index contributed by atoms with van der Waals surface area (Å²) >= 11 is 1.83.